The number of rotatable bonds is 4. The molecule has 2 heterocycles. The summed E-state index contributed by atoms with van der Waals surface area (Å²) in [5.74, 6) is 0.297. The molecule has 2 aliphatic rings. The van der Waals surface area contributed by atoms with Crippen molar-refractivity contribution in [1.82, 2.24) is 15.2 Å². The fourth-order valence-corrected chi connectivity index (χ4v) is 2.77. The van der Waals surface area contributed by atoms with Crippen LogP contribution in [0.1, 0.15) is 31.9 Å². The molecule has 0 radical (unpaired) electrons. The first-order valence-corrected chi connectivity index (χ1v) is 7.11. The van der Waals surface area contributed by atoms with E-state index < -0.39 is 0 Å². The van der Waals surface area contributed by atoms with Gasteiger partial charge in [-0.15, -0.1) is 0 Å². The third-order valence-corrected chi connectivity index (χ3v) is 4.19. The molecule has 1 aromatic heterocycles. The average molecular weight is 259 g/mol. The van der Waals surface area contributed by atoms with Crippen LogP contribution in [-0.4, -0.2) is 34.9 Å². The molecule has 3 rings (SSSR count). The first-order chi connectivity index (χ1) is 9.19. The Balaban J connectivity index is 1.76. The molecule has 1 N–H and O–H groups in total. The third-order valence-electron chi connectivity index (χ3n) is 4.19. The normalized spacial score (nSPS) is 26.4. The number of carbonyl (C=O) groups is 1. The summed E-state index contributed by atoms with van der Waals surface area (Å²) in [5, 5.41) is 3.31. The van der Waals surface area contributed by atoms with Crippen LogP contribution in [0.5, 0.6) is 0 Å². The molecule has 1 unspecified atom stereocenters. The van der Waals surface area contributed by atoms with Gasteiger partial charge in [-0.3, -0.25) is 9.78 Å². The van der Waals surface area contributed by atoms with Crippen molar-refractivity contribution < 1.29 is 4.79 Å². The van der Waals surface area contributed by atoms with Gasteiger partial charge in [-0.1, -0.05) is 6.07 Å². The van der Waals surface area contributed by atoms with Crippen molar-refractivity contribution in [2.24, 2.45) is 5.41 Å². The molecule has 1 atom stereocenters. The molecule has 0 bridgehead atoms. The molecule has 1 aliphatic carbocycles. The first-order valence-electron chi connectivity index (χ1n) is 7.11. The number of nitrogens with zero attached hydrogens (tertiary/aromatic N) is 2. The van der Waals surface area contributed by atoms with Gasteiger partial charge in [0.05, 0.1) is 17.7 Å². The summed E-state index contributed by atoms with van der Waals surface area (Å²) >= 11 is 0. The first kappa shape index (κ1) is 12.6. The molecule has 4 nitrogen and oxygen atoms in total. The van der Waals surface area contributed by atoms with E-state index in [0.717, 1.165) is 38.0 Å². The van der Waals surface area contributed by atoms with Crippen molar-refractivity contribution >= 4 is 5.91 Å². The van der Waals surface area contributed by atoms with Crippen LogP contribution in [0.2, 0.25) is 0 Å². The van der Waals surface area contributed by atoms with Crippen molar-refractivity contribution in [2.75, 3.05) is 13.1 Å². The van der Waals surface area contributed by atoms with E-state index in [-0.39, 0.29) is 5.41 Å². The van der Waals surface area contributed by atoms with E-state index in [1.54, 1.807) is 6.20 Å². The van der Waals surface area contributed by atoms with E-state index in [2.05, 4.69) is 22.1 Å². The SMILES string of the molecule is CC1(C(=O)N(Cc2ccccn2)C2CC2)CCNC1. The van der Waals surface area contributed by atoms with Gasteiger partial charge in [-0.25, -0.2) is 0 Å². The van der Waals surface area contributed by atoms with Gasteiger partial charge in [0, 0.05) is 18.8 Å². The zero-order chi connectivity index (χ0) is 13.3. The standard InChI is InChI=1S/C15H21N3O/c1-15(7-9-16-11-15)14(19)18(13-5-6-13)10-12-4-2-3-8-17-12/h2-4,8,13,16H,5-7,9-11H2,1H3. The average Bonchev–Trinajstić information content (AvgIpc) is 3.18. The highest BCUT2D eigenvalue weighted by Gasteiger charge is 2.43. The Morgan fingerprint density at radius 1 is 1.53 bits per heavy atom. The molecular formula is C15H21N3O. The predicted octanol–water partition coefficient (Wildman–Crippen LogP) is 1.57. The van der Waals surface area contributed by atoms with Crippen LogP contribution in [-0.2, 0) is 11.3 Å². The second-order valence-electron chi connectivity index (χ2n) is 5.97. The Kier molecular flexibility index (Phi) is 3.27. The topological polar surface area (TPSA) is 45.2 Å². The molecule has 0 spiro atoms. The molecule has 2 fully saturated rings. The molecule has 1 aromatic rings. The van der Waals surface area contributed by atoms with Crippen molar-refractivity contribution in [3.8, 4) is 0 Å². The Hall–Kier alpha value is -1.42. The van der Waals surface area contributed by atoms with Crippen LogP contribution < -0.4 is 5.32 Å². The fourth-order valence-electron chi connectivity index (χ4n) is 2.77. The van der Waals surface area contributed by atoms with Gasteiger partial charge in [0.2, 0.25) is 5.91 Å². The summed E-state index contributed by atoms with van der Waals surface area (Å²) in [4.78, 5) is 19.2. The maximum atomic E-state index is 12.8. The predicted molar refractivity (Wildman–Crippen MR) is 73.4 cm³/mol. The monoisotopic (exact) mass is 259 g/mol. The number of amides is 1. The van der Waals surface area contributed by atoms with E-state index in [9.17, 15) is 4.79 Å². The minimum Gasteiger partial charge on any atom is -0.333 e. The van der Waals surface area contributed by atoms with Crippen molar-refractivity contribution in [2.45, 2.75) is 38.8 Å². The van der Waals surface area contributed by atoms with Gasteiger partial charge >= 0.3 is 0 Å². The summed E-state index contributed by atoms with van der Waals surface area (Å²) in [7, 11) is 0. The minimum absolute atomic E-state index is 0.225. The highest BCUT2D eigenvalue weighted by Crippen LogP contribution is 2.35. The minimum atomic E-state index is -0.225. The van der Waals surface area contributed by atoms with Crippen LogP contribution in [0.25, 0.3) is 0 Å². The van der Waals surface area contributed by atoms with E-state index in [1.165, 1.54) is 0 Å². The molecule has 0 aromatic carbocycles. The number of hydrogen-bond donors (Lipinski definition) is 1. The number of nitrogens with one attached hydrogen (secondary N) is 1. The number of pyridine rings is 1. The fraction of sp³-hybridized carbons (Fsp3) is 0.600. The number of carbonyl (C=O) groups excluding carboxylic acids is 1. The molecule has 1 amide bonds. The lowest BCUT2D eigenvalue weighted by atomic mass is 9.88. The highest BCUT2D eigenvalue weighted by molar-refractivity contribution is 5.83. The maximum Gasteiger partial charge on any atom is 0.230 e. The van der Waals surface area contributed by atoms with Gasteiger partial charge < -0.3 is 10.2 Å². The van der Waals surface area contributed by atoms with Crippen LogP contribution in [0.3, 0.4) is 0 Å². The van der Waals surface area contributed by atoms with Crippen LogP contribution in [0.4, 0.5) is 0 Å². The smallest absolute Gasteiger partial charge is 0.230 e. The van der Waals surface area contributed by atoms with Crippen LogP contribution in [0, 0.1) is 5.41 Å². The highest BCUT2D eigenvalue weighted by atomic mass is 16.2. The Morgan fingerprint density at radius 3 is 2.95 bits per heavy atom. The van der Waals surface area contributed by atoms with Gasteiger partial charge in [-0.05, 0) is 44.9 Å². The molecule has 102 valence electrons. The lowest BCUT2D eigenvalue weighted by Crippen LogP contribution is -2.44. The van der Waals surface area contributed by atoms with E-state index in [1.807, 2.05) is 18.2 Å². The third kappa shape index (κ3) is 2.63. The molecule has 1 saturated heterocycles. The summed E-state index contributed by atoms with van der Waals surface area (Å²) in [5.41, 5.74) is 0.759. The zero-order valence-corrected chi connectivity index (χ0v) is 11.4. The van der Waals surface area contributed by atoms with Gasteiger partial charge in [-0.2, -0.15) is 0 Å². The van der Waals surface area contributed by atoms with Gasteiger partial charge in [0.1, 0.15) is 0 Å². The van der Waals surface area contributed by atoms with Gasteiger partial charge in [0.15, 0.2) is 0 Å². The molecule has 1 aliphatic heterocycles. The lowest BCUT2D eigenvalue weighted by Gasteiger charge is -2.31. The molecular weight excluding hydrogens is 238 g/mol. The van der Waals surface area contributed by atoms with Crippen LogP contribution >= 0.6 is 0 Å². The Labute approximate surface area is 114 Å². The second kappa shape index (κ2) is 4.93. The number of aromatic nitrogens is 1. The zero-order valence-electron chi connectivity index (χ0n) is 11.4. The van der Waals surface area contributed by atoms with Crippen molar-refractivity contribution in [3.05, 3.63) is 30.1 Å². The Morgan fingerprint density at radius 2 is 2.37 bits per heavy atom. The van der Waals surface area contributed by atoms with Crippen LogP contribution in [0.15, 0.2) is 24.4 Å². The summed E-state index contributed by atoms with van der Waals surface area (Å²) in [6, 6.07) is 6.33. The van der Waals surface area contributed by atoms with E-state index in [0.29, 0.717) is 18.5 Å². The molecule has 4 heteroatoms. The Bertz CT molecular complexity index is 450. The second-order valence-corrected chi connectivity index (χ2v) is 5.97. The maximum absolute atomic E-state index is 12.8. The largest absolute Gasteiger partial charge is 0.333 e. The number of hydrogen-bond acceptors (Lipinski definition) is 3. The summed E-state index contributed by atoms with van der Waals surface area (Å²) in [6.07, 6.45) is 5.02. The summed E-state index contributed by atoms with van der Waals surface area (Å²) in [6.45, 7) is 4.49. The quantitative estimate of drug-likeness (QED) is 0.892. The summed E-state index contributed by atoms with van der Waals surface area (Å²) < 4.78 is 0. The molecule has 19 heavy (non-hydrogen) atoms. The van der Waals surface area contributed by atoms with E-state index >= 15 is 0 Å². The van der Waals surface area contributed by atoms with Crippen molar-refractivity contribution in [1.29, 1.82) is 0 Å². The van der Waals surface area contributed by atoms with E-state index in [4.69, 9.17) is 0 Å². The van der Waals surface area contributed by atoms with Gasteiger partial charge in [0.25, 0.3) is 0 Å². The van der Waals surface area contributed by atoms with Crippen molar-refractivity contribution in [3.63, 3.8) is 0 Å². The lowest BCUT2D eigenvalue weighted by molar-refractivity contribution is -0.141. The molecule has 1 saturated carbocycles.